The van der Waals surface area contributed by atoms with E-state index in [1.54, 1.807) is 6.07 Å². The molecule has 1 aliphatic carbocycles. The summed E-state index contributed by atoms with van der Waals surface area (Å²) in [5.74, 6) is 0.147. The molecule has 0 aliphatic heterocycles. The van der Waals surface area contributed by atoms with Crippen LogP contribution in [-0.4, -0.2) is 40.9 Å². The smallest absolute Gasteiger partial charge is 0.232 e. The Morgan fingerprint density at radius 2 is 1.95 bits per heavy atom. The molecule has 0 radical (unpaired) electrons. The van der Waals surface area contributed by atoms with E-state index in [0.29, 0.717) is 18.2 Å². The summed E-state index contributed by atoms with van der Waals surface area (Å²) in [7, 11) is 0.506. The molecule has 0 bridgehead atoms. The number of nitrogens with one attached hydrogen (secondary N) is 2. The molecule has 0 amide bonds. The summed E-state index contributed by atoms with van der Waals surface area (Å²) in [6, 6.07) is 8.04. The van der Waals surface area contributed by atoms with E-state index in [1.165, 1.54) is 12.8 Å². The van der Waals surface area contributed by atoms with Crippen molar-refractivity contribution in [3.8, 4) is 0 Å². The lowest BCUT2D eigenvalue weighted by Gasteiger charge is -2.18. The van der Waals surface area contributed by atoms with E-state index < -0.39 is 10.0 Å². The Bertz CT molecular complexity index is 539. The van der Waals surface area contributed by atoms with Gasteiger partial charge in [-0.3, -0.25) is 4.72 Å². The van der Waals surface area contributed by atoms with Crippen LogP contribution in [0, 0.1) is 0 Å². The van der Waals surface area contributed by atoms with Gasteiger partial charge in [0, 0.05) is 20.1 Å². The lowest BCUT2D eigenvalue weighted by molar-refractivity contribution is 0.593. The van der Waals surface area contributed by atoms with Crippen LogP contribution < -0.4 is 14.9 Å². The van der Waals surface area contributed by atoms with Gasteiger partial charge in [-0.25, -0.2) is 8.42 Å². The fraction of sp³-hybridized carbons (Fsp3) is 0.571. The first-order chi connectivity index (χ1) is 9.48. The van der Waals surface area contributed by atoms with Gasteiger partial charge >= 0.3 is 0 Å². The Morgan fingerprint density at radius 3 is 2.60 bits per heavy atom. The van der Waals surface area contributed by atoms with Crippen molar-refractivity contribution in [2.45, 2.75) is 25.3 Å². The van der Waals surface area contributed by atoms with E-state index in [4.69, 9.17) is 0 Å². The van der Waals surface area contributed by atoms with E-state index >= 15 is 0 Å². The fourth-order valence-electron chi connectivity index (χ4n) is 2.02. The lowest BCUT2D eigenvalue weighted by atomic mass is 10.2. The molecule has 5 nitrogen and oxygen atoms in total. The molecular weight excluding hydrogens is 274 g/mol. The third kappa shape index (κ3) is 4.68. The highest BCUT2D eigenvalue weighted by molar-refractivity contribution is 7.92. The number of anilines is 2. The van der Waals surface area contributed by atoms with Gasteiger partial charge in [0.25, 0.3) is 0 Å². The standard InChI is InChI=1S/C14H23N3O2S/c1-17(2)14-7-4-3-6-13(14)16-20(18,19)11-5-10-15-12-8-9-12/h3-4,6-7,12,15-16H,5,8-11H2,1-2H3. The maximum absolute atomic E-state index is 12.1. The van der Waals surface area contributed by atoms with Gasteiger partial charge in [-0.1, -0.05) is 12.1 Å². The zero-order valence-electron chi connectivity index (χ0n) is 12.1. The van der Waals surface area contributed by atoms with Crippen LogP contribution >= 0.6 is 0 Å². The molecule has 112 valence electrons. The van der Waals surface area contributed by atoms with Gasteiger partial charge in [0.1, 0.15) is 0 Å². The molecule has 1 saturated carbocycles. The van der Waals surface area contributed by atoms with Crippen molar-refractivity contribution in [2.24, 2.45) is 0 Å². The maximum Gasteiger partial charge on any atom is 0.232 e. The fourth-order valence-corrected chi connectivity index (χ4v) is 3.16. The third-order valence-corrected chi connectivity index (χ3v) is 4.61. The molecule has 2 N–H and O–H groups in total. The summed E-state index contributed by atoms with van der Waals surface area (Å²) >= 11 is 0. The van der Waals surface area contributed by atoms with E-state index in [0.717, 1.165) is 12.2 Å². The summed E-state index contributed by atoms with van der Waals surface area (Å²) in [5, 5.41) is 3.32. The SMILES string of the molecule is CN(C)c1ccccc1NS(=O)(=O)CCCNC1CC1. The molecule has 0 unspecified atom stereocenters. The second-order valence-corrected chi connectivity index (χ2v) is 7.26. The Morgan fingerprint density at radius 1 is 1.25 bits per heavy atom. The van der Waals surface area contributed by atoms with Gasteiger partial charge in [-0.05, 0) is 37.9 Å². The highest BCUT2D eigenvalue weighted by Crippen LogP contribution is 2.24. The quantitative estimate of drug-likeness (QED) is 0.716. The van der Waals surface area contributed by atoms with Crippen LogP contribution in [0.1, 0.15) is 19.3 Å². The zero-order valence-corrected chi connectivity index (χ0v) is 12.9. The molecule has 0 atom stereocenters. The van der Waals surface area contributed by atoms with Gasteiger partial charge in [0.2, 0.25) is 10.0 Å². The van der Waals surface area contributed by atoms with E-state index in [9.17, 15) is 8.42 Å². The predicted octanol–water partition coefficient (Wildman–Crippen LogP) is 1.64. The number of rotatable bonds is 8. The average Bonchev–Trinajstić information content (AvgIpc) is 3.18. The molecule has 20 heavy (non-hydrogen) atoms. The van der Waals surface area contributed by atoms with Gasteiger partial charge in [0.05, 0.1) is 17.1 Å². The van der Waals surface area contributed by atoms with Gasteiger partial charge < -0.3 is 10.2 Å². The molecule has 1 aromatic carbocycles. The van der Waals surface area contributed by atoms with E-state index in [2.05, 4.69) is 10.0 Å². The molecule has 1 aromatic rings. The average molecular weight is 297 g/mol. The lowest BCUT2D eigenvalue weighted by Crippen LogP contribution is -2.24. The van der Waals surface area contributed by atoms with E-state index in [1.807, 2.05) is 37.2 Å². The number of benzene rings is 1. The van der Waals surface area contributed by atoms with Crippen LogP contribution in [0.15, 0.2) is 24.3 Å². The number of para-hydroxylation sites is 2. The van der Waals surface area contributed by atoms with E-state index in [-0.39, 0.29) is 5.75 Å². The highest BCUT2D eigenvalue weighted by Gasteiger charge is 2.20. The number of nitrogens with zero attached hydrogens (tertiary/aromatic N) is 1. The highest BCUT2D eigenvalue weighted by atomic mass is 32.2. The summed E-state index contributed by atoms with van der Waals surface area (Å²) in [4.78, 5) is 1.90. The number of hydrogen-bond acceptors (Lipinski definition) is 4. The maximum atomic E-state index is 12.1. The van der Waals surface area contributed by atoms with Crippen molar-refractivity contribution in [1.82, 2.24) is 5.32 Å². The summed E-state index contributed by atoms with van der Waals surface area (Å²) in [5.41, 5.74) is 1.50. The van der Waals surface area contributed by atoms with Gasteiger partial charge in [-0.15, -0.1) is 0 Å². The first-order valence-electron chi connectivity index (χ1n) is 6.98. The molecule has 1 aliphatic rings. The molecule has 0 spiro atoms. The van der Waals surface area contributed by atoms with Crippen molar-refractivity contribution in [2.75, 3.05) is 36.0 Å². The van der Waals surface area contributed by atoms with Crippen LogP contribution in [0.25, 0.3) is 0 Å². The number of sulfonamides is 1. The third-order valence-electron chi connectivity index (χ3n) is 3.25. The van der Waals surface area contributed by atoms with Gasteiger partial charge in [0.15, 0.2) is 0 Å². The number of hydrogen-bond donors (Lipinski definition) is 2. The van der Waals surface area contributed by atoms with Gasteiger partial charge in [-0.2, -0.15) is 0 Å². The van der Waals surface area contributed by atoms with Crippen molar-refractivity contribution < 1.29 is 8.42 Å². The topological polar surface area (TPSA) is 61.4 Å². The normalized spacial score (nSPS) is 15.1. The van der Waals surface area contributed by atoms with Crippen molar-refractivity contribution in [3.63, 3.8) is 0 Å². The molecule has 0 aromatic heterocycles. The second kappa shape index (κ2) is 6.45. The molecule has 1 fully saturated rings. The molecular formula is C14H23N3O2S. The van der Waals surface area contributed by atoms with Crippen molar-refractivity contribution >= 4 is 21.4 Å². The Kier molecular flexibility index (Phi) is 4.88. The molecule has 0 saturated heterocycles. The molecule has 0 heterocycles. The monoisotopic (exact) mass is 297 g/mol. The first-order valence-corrected chi connectivity index (χ1v) is 8.63. The predicted molar refractivity (Wildman–Crippen MR) is 83.8 cm³/mol. The van der Waals surface area contributed by atoms with Crippen LogP contribution in [-0.2, 0) is 10.0 Å². The minimum absolute atomic E-state index is 0.147. The minimum atomic E-state index is -3.28. The zero-order chi connectivity index (χ0) is 14.6. The summed E-state index contributed by atoms with van der Waals surface area (Å²) in [6.07, 6.45) is 3.08. The van der Waals surface area contributed by atoms with Crippen LogP contribution in [0.5, 0.6) is 0 Å². The summed E-state index contributed by atoms with van der Waals surface area (Å²) < 4.78 is 26.8. The first kappa shape index (κ1) is 15.1. The van der Waals surface area contributed by atoms with Crippen LogP contribution in [0.2, 0.25) is 0 Å². The minimum Gasteiger partial charge on any atom is -0.376 e. The summed E-state index contributed by atoms with van der Waals surface area (Å²) in [6.45, 7) is 0.765. The molecule has 6 heteroatoms. The Hall–Kier alpha value is -1.27. The second-order valence-electron chi connectivity index (χ2n) is 5.41. The van der Waals surface area contributed by atoms with Crippen LogP contribution in [0.3, 0.4) is 0 Å². The van der Waals surface area contributed by atoms with Crippen LogP contribution in [0.4, 0.5) is 11.4 Å². The van der Waals surface area contributed by atoms with Crippen molar-refractivity contribution in [1.29, 1.82) is 0 Å². The Labute approximate surface area is 121 Å². The van der Waals surface area contributed by atoms with Crippen molar-refractivity contribution in [3.05, 3.63) is 24.3 Å². The largest absolute Gasteiger partial charge is 0.376 e. The Balaban J connectivity index is 1.89. The molecule has 2 rings (SSSR count).